The number of nitrogens with two attached hydrogens (primary N) is 1. The normalized spacial score (nSPS) is 13.8. The van der Waals surface area contributed by atoms with Gasteiger partial charge in [-0.05, 0) is 0 Å². The van der Waals surface area contributed by atoms with Gasteiger partial charge in [0, 0.05) is 12.6 Å². The minimum Gasteiger partial charge on any atom is -0.454 e. The van der Waals surface area contributed by atoms with Crippen molar-refractivity contribution in [3.8, 4) is 11.5 Å². The number of fused-ring (bicyclic) bond motifs is 1. The van der Waals surface area contributed by atoms with Crippen LogP contribution in [0.15, 0.2) is 12.1 Å². The van der Waals surface area contributed by atoms with E-state index >= 15 is 0 Å². The molecule has 0 bridgehead atoms. The Kier molecular flexibility index (Phi) is 2.79. The van der Waals surface area contributed by atoms with Gasteiger partial charge >= 0.3 is 0 Å². The highest BCUT2D eigenvalue weighted by Crippen LogP contribution is 2.41. The Morgan fingerprint density at radius 1 is 1.53 bits per heavy atom. The van der Waals surface area contributed by atoms with Gasteiger partial charge in [0.05, 0.1) is 10.6 Å². The first-order chi connectivity index (χ1) is 7.24. The van der Waals surface area contributed by atoms with E-state index in [0.29, 0.717) is 18.0 Å². The van der Waals surface area contributed by atoms with E-state index < -0.39 is 5.82 Å². The van der Waals surface area contributed by atoms with Crippen LogP contribution in [0.1, 0.15) is 5.56 Å². The maximum absolute atomic E-state index is 13.6. The summed E-state index contributed by atoms with van der Waals surface area (Å²) in [5.74, 6) is 0.310. The molecule has 0 atom stereocenters. The number of hydrogen-bond donors (Lipinski definition) is 1. The molecule has 0 unspecified atom stereocenters. The van der Waals surface area contributed by atoms with Crippen molar-refractivity contribution in [3.05, 3.63) is 28.5 Å². The third-order valence-electron chi connectivity index (χ3n) is 2.01. The van der Waals surface area contributed by atoms with Gasteiger partial charge in [0.15, 0.2) is 17.3 Å². The summed E-state index contributed by atoms with van der Waals surface area (Å²) < 4.78 is 23.9. The third-order valence-corrected chi connectivity index (χ3v) is 2.29. The van der Waals surface area contributed by atoms with Gasteiger partial charge in [-0.25, -0.2) is 4.39 Å². The van der Waals surface area contributed by atoms with E-state index in [1.165, 1.54) is 12.1 Å². The molecule has 0 saturated heterocycles. The molecule has 0 fully saturated rings. The molecule has 1 heterocycles. The zero-order valence-corrected chi connectivity index (χ0v) is 8.55. The lowest BCUT2D eigenvalue weighted by molar-refractivity contribution is 0.173. The smallest absolute Gasteiger partial charge is 0.231 e. The summed E-state index contributed by atoms with van der Waals surface area (Å²) >= 11 is 5.70. The Morgan fingerprint density at radius 3 is 3.07 bits per heavy atom. The molecule has 1 aromatic rings. The summed E-state index contributed by atoms with van der Waals surface area (Å²) in [5.41, 5.74) is 5.57. The molecule has 0 spiro atoms. The fourth-order valence-corrected chi connectivity index (χ4v) is 1.55. The van der Waals surface area contributed by atoms with Gasteiger partial charge in [-0.1, -0.05) is 23.8 Å². The monoisotopic (exact) mass is 229 g/mol. The summed E-state index contributed by atoms with van der Waals surface area (Å²) in [5, 5.41) is 0.0101. The van der Waals surface area contributed by atoms with Crippen molar-refractivity contribution < 1.29 is 13.9 Å². The van der Waals surface area contributed by atoms with Gasteiger partial charge in [-0.3, -0.25) is 0 Å². The molecule has 5 heteroatoms. The highest BCUT2D eigenvalue weighted by molar-refractivity contribution is 6.31. The summed E-state index contributed by atoms with van der Waals surface area (Å²) in [6.07, 6.45) is 3.16. The number of rotatable bonds is 2. The number of hydrogen-bond acceptors (Lipinski definition) is 3. The first-order valence-corrected chi connectivity index (χ1v) is 4.76. The fourth-order valence-electron chi connectivity index (χ4n) is 1.35. The van der Waals surface area contributed by atoms with Crippen molar-refractivity contribution in [2.75, 3.05) is 13.3 Å². The number of ether oxygens (including phenoxy) is 2. The molecule has 2 N–H and O–H groups in total. The fraction of sp³-hybridized carbons (Fsp3) is 0.200. The van der Waals surface area contributed by atoms with Crippen molar-refractivity contribution in [2.24, 2.45) is 5.73 Å². The average Bonchev–Trinajstić information content (AvgIpc) is 2.66. The van der Waals surface area contributed by atoms with E-state index in [0.717, 1.165) is 0 Å². The second kappa shape index (κ2) is 4.08. The Labute approximate surface area is 91.2 Å². The lowest BCUT2D eigenvalue weighted by Crippen LogP contribution is -1.95. The Balaban J connectivity index is 2.55. The summed E-state index contributed by atoms with van der Waals surface area (Å²) in [6, 6.07) is 1.40. The van der Waals surface area contributed by atoms with Crippen LogP contribution in [0.4, 0.5) is 4.39 Å². The Bertz CT molecular complexity index is 420. The van der Waals surface area contributed by atoms with Crippen molar-refractivity contribution in [3.63, 3.8) is 0 Å². The van der Waals surface area contributed by atoms with Gasteiger partial charge in [-0.2, -0.15) is 0 Å². The molecule has 0 amide bonds. The zero-order valence-electron chi connectivity index (χ0n) is 7.80. The lowest BCUT2D eigenvalue weighted by Gasteiger charge is -2.04. The molecule has 1 aliphatic heterocycles. The molecule has 3 nitrogen and oxygen atoms in total. The molecule has 80 valence electrons. The maximum Gasteiger partial charge on any atom is 0.231 e. The summed E-state index contributed by atoms with van der Waals surface area (Å²) in [6.45, 7) is 0.403. The van der Waals surface area contributed by atoms with Gasteiger partial charge < -0.3 is 15.2 Å². The van der Waals surface area contributed by atoms with E-state index in [9.17, 15) is 4.39 Å². The van der Waals surface area contributed by atoms with Gasteiger partial charge in [0.1, 0.15) is 0 Å². The van der Waals surface area contributed by atoms with Crippen LogP contribution in [0.5, 0.6) is 11.5 Å². The standard InChI is InChI=1S/C10H9ClFNO2/c11-7-4-8-10(15-5-14-8)6(9(7)12)2-1-3-13/h1-2,4H,3,5,13H2/b2-1+. The topological polar surface area (TPSA) is 44.5 Å². The van der Waals surface area contributed by atoms with E-state index in [2.05, 4.69) is 0 Å². The van der Waals surface area contributed by atoms with Crippen molar-refractivity contribution in [1.82, 2.24) is 0 Å². The molecule has 0 aromatic heterocycles. The highest BCUT2D eigenvalue weighted by atomic mass is 35.5. The van der Waals surface area contributed by atoms with Crippen LogP contribution in [0.3, 0.4) is 0 Å². The SMILES string of the molecule is NC/C=C/c1c(F)c(Cl)cc2c1OCO2. The quantitative estimate of drug-likeness (QED) is 0.846. The lowest BCUT2D eigenvalue weighted by atomic mass is 10.1. The summed E-state index contributed by atoms with van der Waals surface area (Å²) in [4.78, 5) is 0. The predicted octanol–water partition coefficient (Wildman–Crippen LogP) is 2.18. The molecule has 0 aliphatic carbocycles. The van der Waals surface area contributed by atoms with Crippen molar-refractivity contribution in [1.29, 1.82) is 0 Å². The average molecular weight is 230 g/mol. The van der Waals surface area contributed by atoms with Crippen LogP contribution in [0, 0.1) is 5.82 Å². The largest absolute Gasteiger partial charge is 0.454 e. The van der Waals surface area contributed by atoms with Crippen LogP contribution in [0.2, 0.25) is 5.02 Å². The van der Waals surface area contributed by atoms with E-state index in [-0.39, 0.29) is 17.4 Å². The first-order valence-electron chi connectivity index (χ1n) is 4.38. The van der Waals surface area contributed by atoms with E-state index in [1.54, 1.807) is 6.08 Å². The number of benzene rings is 1. The second-order valence-electron chi connectivity index (χ2n) is 2.96. The van der Waals surface area contributed by atoms with Crippen LogP contribution >= 0.6 is 11.6 Å². The van der Waals surface area contributed by atoms with Crippen molar-refractivity contribution in [2.45, 2.75) is 0 Å². The predicted molar refractivity (Wildman–Crippen MR) is 55.6 cm³/mol. The van der Waals surface area contributed by atoms with Crippen LogP contribution < -0.4 is 15.2 Å². The van der Waals surface area contributed by atoms with Gasteiger partial charge in [-0.15, -0.1) is 0 Å². The molecular weight excluding hydrogens is 221 g/mol. The van der Waals surface area contributed by atoms with Crippen LogP contribution in [-0.2, 0) is 0 Å². The Hall–Kier alpha value is -1.26. The molecule has 15 heavy (non-hydrogen) atoms. The molecule has 1 aliphatic rings. The third kappa shape index (κ3) is 1.78. The van der Waals surface area contributed by atoms with E-state index in [4.69, 9.17) is 26.8 Å². The molecule has 1 aromatic carbocycles. The van der Waals surface area contributed by atoms with Crippen LogP contribution in [0.25, 0.3) is 6.08 Å². The minimum absolute atomic E-state index is 0.0101. The van der Waals surface area contributed by atoms with E-state index in [1.807, 2.05) is 0 Å². The highest BCUT2D eigenvalue weighted by Gasteiger charge is 2.22. The second-order valence-corrected chi connectivity index (χ2v) is 3.37. The molecule has 0 saturated carbocycles. The Morgan fingerprint density at radius 2 is 2.33 bits per heavy atom. The van der Waals surface area contributed by atoms with Crippen LogP contribution in [-0.4, -0.2) is 13.3 Å². The number of halogens is 2. The minimum atomic E-state index is -0.523. The molecule has 0 radical (unpaired) electrons. The van der Waals surface area contributed by atoms with Gasteiger partial charge in [0.2, 0.25) is 6.79 Å². The molecular formula is C10H9ClFNO2. The zero-order chi connectivity index (χ0) is 10.8. The molecule has 2 rings (SSSR count). The van der Waals surface area contributed by atoms with Crippen molar-refractivity contribution >= 4 is 17.7 Å². The first kappa shape index (κ1) is 10.3. The summed E-state index contributed by atoms with van der Waals surface area (Å²) in [7, 11) is 0. The van der Waals surface area contributed by atoms with Gasteiger partial charge in [0.25, 0.3) is 0 Å². The maximum atomic E-state index is 13.6.